The van der Waals surface area contributed by atoms with Crippen molar-refractivity contribution in [1.82, 2.24) is 0 Å². The Labute approximate surface area is 114 Å². The van der Waals surface area contributed by atoms with Crippen molar-refractivity contribution in [3.63, 3.8) is 0 Å². The van der Waals surface area contributed by atoms with Gasteiger partial charge in [0, 0.05) is 11.3 Å². The molecule has 0 aliphatic rings. The Balaban J connectivity index is 2.27. The van der Waals surface area contributed by atoms with Crippen LogP contribution in [0.1, 0.15) is 26.4 Å². The van der Waals surface area contributed by atoms with E-state index < -0.39 is 5.97 Å². The van der Waals surface area contributed by atoms with Crippen LogP contribution in [0.5, 0.6) is 0 Å². The second-order valence-corrected chi connectivity index (χ2v) is 5.29. The summed E-state index contributed by atoms with van der Waals surface area (Å²) in [4.78, 5) is 15.2. The molecule has 0 unspecified atom stereocenters. The highest BCUT2D eigenvalue weighted by atomic mass is 32.1. The third-order valence-electron chi connectivity index (χ3n) is 2.92. The van der Waals surface area contributed by atoms with Crippen LogP contribution < -0.4 is 5.73 Å². The molecular weight excluding hydrogens is 260 g/mol. The van der Waals surface area contributed by atoms with Crippen LogP contribution in [-0.4, -0.2) is 11.1 Å². The molecule has 0 aliphatic carbocycles. The van der Waals surface area contributed by atoms with Gasteiger partial charge in [0.2, 0.25) is 5.69 Å². The molecule has 2 aromatic rings. The Hall–Kier alpha value is -2.32. The van der Waals surface area contributed by atoms with E-state index in [1.54, 1.807) is 24.3 Å². The summed E-state index contributed by atoms with van der Waals surface area (Å²) in [5, 5.41) is 9.38. The highest BCUT2D eigenvalue weighted by Gasteiger charge is 2.13. The van der Waals surface area contributed by atoms with Gasteiger partial charge in [-0.1, -0.05) is 12.1 Å². The van der Waals surface area contributed by atoms with Gasteiger partial charge in [-0.05, 0) is 30.2 Å². The molecule has 0 spiro atoms. The van der Waals surface area contributed by atoms with Gasteiger partial charge in [0.1, 0.15) is 0 Å². The van der Waals surface area contributed by atoms with Gasteiger partial charge >= 0.3 is 5.97 Å². The lowest BCUT2D eigenvalue weighted by Crippen LogP contribution is -1.96. The second kappa shape index (κ2) is 5.12. The summed E-state index contributed by atoms with van der Waals surface area (Å²) in [6.45, 7) is 8.97. The van der Waals surface area contributed by atoms with E-state index in [-0.39, 0.29) is 5.56 Å². The molecule has 0 atom stereocenters. The number of carbonyl (C=O) groups is 1. The van der Waals surface area contributed by atoms with E-state index in [2.05, 4.69) is 4.85 Å². The fraction of sp³-hybridized carbons (Fsp3) is 0.143. The third kappa shape index (κ3) is 2.59. The number of nitrogens with zero attached hydrogens (tertiary/aromatic N) is 1. The van der Waals surface area contributed by atoms with Gasteiger partial charge in [-0.25, -0.2) is 9.64 Å². The molecule has 0 aliphatic heterocycles. The zero-order valence-corrected chi connectivity index (χ0v) is 11.1. The zero-order chi connectivity index (χ0) is 14.0. The molecule has 3 N–H and O–H groups in total. The molecule has 4 nitrogen and oxygen atoms in total. The first-order chi connectivity index (χ1) is 9.02. The van der Waals surface area contributed by atoms with Crippen LogP contribution in [0.25, 0.3) is 4.85 Å². The number of anilines is 1. The van der Waals surface area contributed by atoms with Crippen molar-refractivity contribution in [3.8, 4) is 0 Å². The van der Waals surface area contributed by atoms with Crippen molar-refractivity contribution in [2.45, 2.75) is 13.3 Å². The van der Waals surface area contributed by atoms with Gasteiger partial charge in [-0.2, -0.15) is 0 Å². The molecular formula is C14H12N2O2S. The fourth-order valence-corrected chi connectivity index (χ4v) is 2.88. The van der Waals surface area contributed by atoms with Crippen molar-refractivity contribution >= 4 is 28.0 Å². The molecule has 0 saturated carbocycles. The molecule has 2 rings (SSSR count). The van der Waals surface area contributed by atoms with Crippen molar-refractivity contribution in [1.29, 1.82) is 0 Å². The molecule has 0 bridgehead atoms. The van der Waals surface area contributed by atoms with Gasteiger partial charge in [0.25, 0.3) is 0 Å². The summed E-state index contributed by atoms with van der Waals surface area (Å²) in [6, 6.07) is 6.74. The average Bonchev–Trinajstić information content (AvgIpc) is 2.64. The van der Waals surface area contributed by atoms with E-state index in [9.17, 15) is 4.79 Å². The summed E-state index contributed by atoms with van der Waals surface area (Å²) in [5.41, 5.74) is 8.52. The smallest absolute Gasteiger partial charge is 0.335 e. The normalized spacial score (nSPS) is 10.1. The number of benzene rings is 1. The summed E-state index contributed by atoms with van der Waals surface area (Å²) in [5.74, 6) is -0.932. The molecule has 1 aromatic carbocycles. The minimum Gasteiger partial charge on any atom is -0.478 e. The topological polar surface area (TPSA) is 67.7 Å². The number of hydrogen-bond donors (Lipinski definition) is 2. The van der Waals surface area contributed by atoms with Crippen molar-refractivity contribution < 1.29 is 9.90 Å². The van der Waals surface area contributed by atoms with Crippen LogP contribution in [0.2, 0.25) is 0 Å². The maximum atomic E-state index is 10.8. The van der Waals surface area contributed by atoms with E-state index in [1.165, 1.54) is 11.3 Å². The Morgan fingerprint density at radius 3 is 2.53 bits per heavy atom. The fourth-order valence-electron chi connectivity index (χ4n) is 1.83. The summed E-state index contributed by atoms with van der Waals surface area (Å²) in [7, 11) is 0. The summed E-state index contributed by atoms with van der Waals surface area (Å²) < 4.78 is 0. The zero-order valence-electron chi connectivity index (χ0n) is 10.3. The Bertz CT molecular complexity index is 666. The Morgan fingerprint density at radius 1 is 1.42 bits per heavy atom. The number of aromatic carboxylic acids is 1. The third-order valence-corrected chi connectivity index (χ3v) is 4.03. The SMILES string of the molecule is [C-]#[N+]c1c(N)sc(Cc2ccc(C(=O)O)cc2)c1C. The molecule has 0 radical (unpaired) electrons. The molecule has 1 heterocycles. The second-order valence-electron chi connectivity index (χ2n) is 4.15. The van der Waals surface area contributed by atoms with Crippen LogP contribution in [-0.2, 0) is 6.42 Å². The predicted molar refractivity (Wildman–Crippen MR) is 75.9 cm³/mol. The highest BCUT2D eigenvalue weighted by Crippen LogP contribution is 2.38. The molecule has 19 heavy (non-hydrogen) atoms. The van der Waals surface area contributed by atoms with Crippen LogP contribution in [0.3, 0.4) is 0 Å². The maximum absolute atomic E-state index is 10.8. The Morgan fingerprint density at radius 2 is 2.05 bits per heavy atom. The molecule has 5 heteroatoms. The molecule has 1 aromatic heterocycles. The first-order valence-electron chi connectivity index (χ1n) is 5.60. The summed E-state index contributed by atoms with van der Waals surface area (Å²) >= 11 is 1.42. The van der Waals surface area contributed by atoms with Crippen LogP contribution in [0.15, 0.2) is 24.3 Å². The van der Waals surface area contributed by atoms with Gasteiger partial charge in [0.15, 0.2) is 0 Å². The largest absolute Gasteiger partial charge is 0.478 e. The molecule has 0 amide bonds. The predicted octanol–water partition coefficient (Wildman–Crippen LogP) is 3.48. The lowest BCUT2D eigenvalue weighted by atomic mass is 10.1. The first-order valence-corrected chi connectivity index (χ1v) is 6.42. The van der Waals surface area contributed by atoms with Crippen LogP contribution >= 0.6 is 11.3 Å². The van der Waals surface area contributed by atoms with Gasteiger partial charge in [-0.15, -0.1) is 11.3 Å². The van der Waals surface area contributed by atoms with Crippen LogP contribution in [0.4, 0.5) is 10.7 Å². The standard InChI is InChI=1S/C14H12N2O2S/c1-8-11(19-13(15)12(8)16-2)7-9-3-5-10(6-4-9)14(17)18/h3-6H,7,15H2,1H3,(H,17,18). The van der Waals surface area contributed by atoms with Crippen molar-refractivity contribution in [2.24, 2.45) is 0 Å². The number of rotatable bonds is 3. The van der Waals surface area contributed by atoms with Crippen molar-refractivity contribution in [3.05, 3.63) is 57.3 Å². The highest BCUT2D eigenvalue weighted by molar-refractivity contribution is 7.16. The minimum absolute atomic E-state index is 0.271. The monoisotopic (exact) mass is 272 g/mol. The van der Waals surface area contributed by atoms with E-state index in [0.29, 0.717) is 17.1 Å². The lowest BCUT2D eigenvalue weighted by Gasteiger charge is -2.02. The van der Waals surface area contributed by atoms with E-state index in [1.807, 2.05) is 6.92 Å². The lowest BCUT2D eigenvalue weighted by molar-refractivity contribution is 0.0697. The quantitative estimate of drug-likeness (QED) is 0.840. The number of nitrogens with two attached hydrogens (primary N) is 1. The van der Waals surface area contributed by atoms with E-state index in [4.69, 9.17) is 17.4 Å². The van der Waals surface area contributed by atoms with Crippen molar-refractivity contribution in [2.75, 3.05) is 5.73 Å². The van der Waals surface area contributed by atoms with E-state index in [0.717, 1.165) is 16.0 Å². The van der Waals surface area contributed by atoms with Gasteiger partial charge in [0.05, 0.1) is 17.1 Å². The number of hydrogen-bond acceptors (Lipinski definition) is 3. The van der Waals surface area contributed by atoms with Crippen LogP contribution in [0, 0.1) is 13.5 Å². The average molecular weight is 272 g/mol. The Kier molecular flexibility index (Phi) is 3.54. The van der Waals surface area contributed by atoms with Gasteiger partial charge in [-0.3, -0.25) is 0 Å². The molecule has 96 valence electrons. The number of carboxylic acids is 1. The number of carboxylic acid groups (broad SMARTS) is 1. The minimum atomic E-state index is -0.932. The van der Waals surface area contributed by atoms with Gasteiger partial charge < -0.3 is 10.8 Å². The molecule has 0 saturated heterocycles. The molecule has 0 fully saturated rings. The maximum Gasteiger partial charge on any atom is 0.335 e. The number of thiophene rings is 1. The first kappa shape index (κ1) is 13.1. The summed E-state index contributed by atoms with van der Waals surface area (Å²) in [6.07, 6.45) is 0.663. The van der Waals surface area contributed by atoms with E-state index >= 15 is 0 Å². The number of nitrogen functional groups attached to an aromatic ring is 1.